The lowest BCUT2D eigenvalue weighted by molar-refractivity contribution is -0.220. The molecule has 66 heavy (non-hydrogen) atoms. The average molecular weight is 951 g/mol. The minimum Gasteiger partial charge on any atom is -0.457 e. The van der Waals surface area contributed by atoms with Crippen LogP contribution < -0.4 is 0 Å². The van der Waals surface area contributed by atoms with Gasteiger partial charge in [0.05, 0.1) is 13.2 Å². The number of aliphatic hydroxyl groups excluding tert-OH is 5. The predicted octanol–water partition coefficient (Wildman–Crippen LogP) is 11.3. The van der Waals surface area contributed by atoms with Crippen molar-refractivity contribution in [3.63, 3.8) is 0 Å². The van der Waals surface area contributed by atoms with Gasteiger partial charge in [0.2, 0.25) is 0 Å². The highest BCUT2D eigenvalue weighted by Crippen LogP contribution is 2.47. The number of hydrogen-bond acceptors (Lipinski definition) is 11. The molecule has 1 aliphatic rings. The maximum absolute atomic E-state index is 12.8. The highest BCUT2D eigenvalue weighted by Gasteiger charge is 2.51. The number of ether oxygens (including phenoxy) is 2. The van der Waals surface area contributed by atoms with Gasteiger partial charge in [0.1, 0.15) is 42.7 Å². The molecule has 6 unspecified atom stereocenters. The van der Waals surface area contributed by atoms with Crippen LogP contribution in [0, 0.1) is 0 Å². The fourth-order valence-corrected chi connectivity index (χ4v) is 8.21. The molecule has 0 aromatic carbocycles. The largest absolute Gasteiger partial charge is 0.472 e. The molecule has 12 nitrogen and oxygen atoms in total. The SMILES string of the molecule is CC/C=C\C/C=C\C/C=C\C/C=C\C/C=C\CCCCOCC(COP(=O)(O)OC1C(O)C(O)C(O)C(O)C1O)OC(=O)CCCCCCCCCCC/C=C\C/C=C\CCCCCCC. The van der Waals surface area contributed by atoms with E-state index < -0.39 is 63.1 Å². The average Bonchev–Trinajstić information content (AvgIpc) is 3.30. The highest BCUT2D eigenvalue weighted by molar-refractivity contribution is 7.47. The second-order valence-electron chi connectivity index (χ2n) is 17.3. The van der Waals surface area contributed by atoms with E-state index in [2.05, 4.69) is 98.9 Å². The summed E-state index contributed by atoms with van der Waals surface area (Å²) in [7, 11) is -5.04. The number of esters is 1. The molecule has 0 amide bonds. The quantitative estimate of drug-likeness (QED) is 0.0147. The van der Waals surface area contributed by atoms with Crippen LogP contribution in [-0.2, 0) is 27.9 Å². The van der Waals surface area contributed by atoms with E-state index in [4.69, 9.17) is 18.5 Å². The smallest absolute Gasteiger partial charge is 0.457 e. The molecule has 13 heteroatoms. The molecular formula is C53H91O12P. The van der Waals surface area contributed by atoms with Crippen molar-refractivity contribution < 1.29 is 58.3 Å². The van der Waals surface area contributed by atoms with Crippen molar-refractivity contribution in [2.24, 2.45) is 0 Å². The van der Waals surface area contributed by atoms with Gasteiger partial charge >= 0.3 is 13.8 Å². The first kappa shape index (κ1) is 61.5. The third-order valence-electron chi connectivity index (χ3n) is 11.3. The molecule has 1 rings (SSSR count). The van der Waals surface area contributed by atoms with Crippen molar-refractivity contribution in [3.05, 3.63) is 85.1 Å². The topological polar surface area (TPSA) is 192 Å². The van der Waals surface area contributed by atoms with E-state index in [9.17, 15) is 39.8 Å². The Bertz CT molecular complexity index is 1410. The maximum atomic E-state index is 12.8. The fourth-order valence-electron chi connectivity index (χ4n) is 7.24. The van der Waals surface area contributed by atoms with Crippen LogP contribution in [-0.4, -0.2) is 98.9 Å². The van der Waals surface area contributed by atoms with E-state index in [1.54, 1.807) is 0 Å². The lowest BCUT2D eigenvalue weighted by atomic mass is 9.85. The molecule has 1 aliphatic carbocycles. The van der Waals surface area contributed by atoms with Crippen molar-refractivity contribution in [1.29, 1.82) is 0 Å². The van der Waals surface area contributed by atoms with Crippen LogP contribution in [0.3, 0.4) is 0 Å². The lowest BCUT2D eigenvalue weighted by Gasteiger charge is -2.41. The summed E-state index contributed by atoms with van der Waals surface area (Å²) in [5.41, 5.74) is 0. The first-order valence-electron chi connectivity index (χ1n) is 25.4. The number of hydrogen-bond donors (Lipinski definition) is 6. The van der Waals surface area contributed by atoms with Crippen LogP contribution in [0.1, 0.15) is 181 Å². The molecule has 0 spiro atoms. The molecule has 380 valence electrons. The van der Waals surface area contributed by atoms with E-state index >= 15 is 0 Å². The lowest BCUT2D eigenvalue weighted by Crippen LogP contribution is -2.64. The van der Waals surface area contributed by atoms with Gasteiger partial charge in [-0.15, -0.1) is 0 Å². The molecule has 0 saturated heterocycles. The monoisotopic (exact) mass is 951 g/mol. The van der Waals surface area contributed by atoms with Crippen LogP contribution in [0.15, 0.2) is 85.1 Å². The predicted molar refractivity (Wildman–Crippen MR) is 267 cm³/mol. The van der Waals surface area contributed by atoms with Gasteiger partial charge < -0.3 is 39.9 Å². The summed E-state index contributed by atoms with van der Waals surface area (Å²) >= 11 is 0. The van der Waals surface area contributed by atoms with Gasteiger partial charge in [-0.2, -0.15) is 0 Å². The van der Waals surface area contributed by atoms with Crippen molar-refractivity contribution >= 4 is 13.8 Å². The summed E-state index contributed by atoms with van der Waals surface area (Å²) in [6.45, 7) is 4.03. The van der Waals surface area contributed by atoms with E-state index in [0.717, 1.165) is 83.5 Å². The second-order valence-corrected chi connectivity index (χ2v) is 18.7. The Morgan fingerprint density at radius 1 is 0.500 bits per heavy atom. The molecule has 1 fully saturated rings. The third kappa shape index (κ3) is 33.9. The Hall–Kier alpha value is -2.48. The van der Waals surface area contributed by atoms with Crippen molar-refractivity contribution in [2.45, 2.75) is 224 Å². The summed E-state index contributed by atoms with van der Waals surface area (Å²) in [6.07, 6.45) is 45.1. The number of carbonyl (C=O) groups excluding carboxylic acids is 1. The van der Waals surface area contributed by atoms with Gasteiger partial charge in [-0.05, 0) is 89.9 Å². The van der Waals surface area contributed by atoms with Gasteiger partial charge in [0.15, 0.2) is 0 Å². The number of phosphoric ester groups is 1. The first-order valence-corrected chi connectivity index (χ1v) is 26.9. The zero-order valence-corrected chi connectivity index (χ0v) is 41.6. The molecule has 6 N–H and O–H groups in total. The van der Waals surface area contributed by atoms with Gasteiger partial charge in [0.25, 0.3) is 0 Å². The van der Waals surface area contributed by atoms with Crippen LogP contribution in [0.5, 0.6) is 0 Å². The Balaban J connectivity index is 2.39. The number of unbranched alkanes of at least 4 members (excludes halogenated alkanes) is 16. The zero-order valence-electron chi connectivity index (χ0n) is 40.7. The van der Waals surface area contributed by atoms with Crippen molar-refractivity contribution in [3.8, 4) is 0 Å². The molecule has 1 saturated carbocycles. The fraction of sp³-hybridized carbons (Fsp3) is 0.717. The molecule has 6 atom stereocenters. The number of phosphoric acid groups is 1. The molecule has 0 heterocycles. The van der Waals surface area contributed by atoms with Gasteiger partial charge in [-0.25, -0.2) is 4.57 Å². The number of aliphatic hydroxyl groups is 5. The maximum Gasteiger partial charge on any atom is 0.472 e. The Labute approximate surface area is 399 Å². The molecule has 0 aromatic rings. The third-order valence-corrected chi connectivity index (χ3v) is 12.2. The number of allylic oxidation sites excluding steroid dienone is 14. The zero-order chi connectivity index (χ0) is 48.4. The van der Waals surface area contributed by atoms with Crippen LogP contribution in [0.2, 0.25) is 0 Å². The molecule has 0 bridgehead atoms. The molecular weight excluding hydrogens is 860 g/mol. The highest BCUT2D eigenvalue weighted by atomic mass is 31.2. The summed E-state index contributed by atoms with van der Waals surface area (Å²) in [5, 5.41) is 50.3. The van der Waals surface area contributed by atoms with E-state index in [1.165, 1.54) is 70.6 Å². The van der Waals surface area contributed by atoms with Crippen LogP contribution in [0.25, 0.3) is 0 Å². The summed E-state index contributed by atoms with van der Waals surface area (Å²) < 4.78 is 34.2. The van der Waals surface area contributed by atoms with Crippen molar-refractivity contribution in [2.75, 3.05) is 19.8 Å². The van der Waals surface area contributed by atoms with Crippen LogP contribution >= 0.6 is 7.82 Å². The summed E-state index contributed by atoms with van der Waals surface area (Å²) in [5.74, 6) is -0.500. The van der Waals surface area contributed by atoms with E-state index in [0.29, 0.717) is 13.0 Å². The van der Waals surface area contributed by atoms with Gasteiger partial charge in [-0.1, -0.05) is 170 Å². The van der Waals surface area contributed by atoms with E-state index in [1.807, 2.05) is 0 Å². The van der Waals surface area contributed by atoms with Gasteiger partial charge in [-0.3, -0.25) is 13.8 Å². The number of carbonyl (C=O) groups is 1. The number of rotatable bonds is 42. The summed E-state index contributed by atoms with van der Waals surface area (Å²) in [4.78, 5) is 23.2. The molecule has 0 radical (unpaired) electrons. The Morgan fingerprint density at radius 2 is 0.894 bits per heavy atom. The van der Waals surface area contributed by atoms with E-state index in [-0.39, 0.29) is 13.0 Å². The first-order chi connectivity index (χ1) is 32.0. The van der Waals surface area contributed by atoms with Gasteiger partial charge in [0, 0.05) is 13.0 Å². The standard InChI is InChI=1S/C53H91O12P/c1-3-5-7-9-11-13-15-17-19-21-23-24-25-26-28-30-32-34-36-38-40-42-47(54)64-46(45-63-66(60,61)65-53-51(58)49(56)48(55)50(57)52(53)59)44-62-43-41-39-37-35-33-31-29-27-22-20-18-16-14-12-10-8-6-4-2/h6,8,12,14-15,17-18,20-21,23,27,29,33,35,46,48-53,55-59H,3-5,7,9-11,13,16,19,22,24-26,28,30-32,34,36-45H2,1-2H3,(H,60,61)/b8-6-,14-12-,17-15-,20-18-,23-21-,29-27-,35-33-. The minimum atomic E-state index is -5.04. The normalized spacial score (nSPS) is 22.1. The minimum absolute atomic E-state index is 0.112. The molecule has 0 aromatic heterocycles. The van der Waals surface area contributed by atoms with Crippen molar-refractivity contribution in [1.82, 2.24) is 0 Å². The second kappa shape index (κ2) is 42.6. The Morgan fingerprint density at radius 3 is 1.36 bits per heavy atom. The van der Waals surface area contributed by atoms with Crippen LogP contribution in [0.4, 0.5) is 0 Å². The summed E-state index contributed by atoms with van der Waals surface area (Å²) in [6, 6.07) is 0. The molecule has 0 aliphatic heterocycles. The Kier molecular flexibility index (Phi) is 39.7.